The van der Waals surface area contributed by atoms with Crippen LogP contribution in [-0.2, 0) is 14.3 Å². The highest BCUT2D eigenvalue weighted by atomic mass is 16.7. The number of hydrogen-bond donors (Lipinski definition) is 0. The molecule has 2 rings (SSSR count). The fourth-order valence-corrected chi connectivity index (χ4v) is 2.50. The van der Waals surface area contributed by atoms with Crippen molar-refractivity contribution in [2.24, 2.45) is 5.92 Å². The molecule has 0 N–H and O–H groups in total. The van der Waals surface area contributed by atoms with Gasteiger partial charge in [0.2, 0.25) is 0 Å². The van der Waals surface area contributed by atoms with Gasteiger partial charge in [-0.1, -0.05) is 0 Å². The highest BCUT2D eigenvalue weighted by Gasteiger charge is 2.39. The normalized spacial score (nSPS) is 26.9. The number of carbonyl (C=O) groups is 1. The molecule has 0 atom stereocenters. The Bertz CT molecular complexity index is 187. The van der Waals surface area contributed by atoms with E-state index in [-0.39, 0.29) is 5.79 Å². The van der Waals surface area contributed by atoms with Crippen LogP contribution in [-0.4, -0.2) is 25.3 Å². The third kappa shape index (κ3) is 2.15. The lowest BCUT2D eigenvalue weighted by molar-refractivity contribution is -0.182. The molecule has 1 saturated heterocycles. The molecule has 14 heavy (non-hydrogen) atoms. The van der Waals surface area contributed by atoms with E-state index in [9.17, 15) is 4.79 Å². The molecule has 1 aliphatic carbocycles. The van der Waals surface area contributed by atoms with Crippen molar-refractivity contribution < 1.29 is 14.3 Å². The van der Waals surface area contributed by atoms with Crippen LogP contribution in [0.4, 0.5) is 0 Å². The van der Waals surface area contributed by atoms with Gasteiger partial charge < -0.3 is 14.3 Å². The molecule has 1 spiro atoms. The van der Waals surface area contributed by atoms with E-state index in [0.717, 1.165) is 51.6 Å². The van der Waals surface area contributed by atoms with E-state index in [2.05, 4.69) is 0 Å². The van der Waals surface area contributed by atoms with E-state index in [1.807, 2.05) is 0 Å². The number of rotatable bonds is 3. The number of hydrogen-bond acceptors (Lipinski definition) is 3. The van der Waals surface area contributed by atoms with Gasteiger partial charge >= 0.3 is 0 Å². The van der Waals surface area contributed by atoms with Crippen LogP contribution in [0.5, 0.6) is 0 Å². The third-order valence-electron chi connectivity index (χ3n) is 3.37. The van der Waals surface area contributed by atoms with E-state index < -0.39 is 0 Å². The molecular weight excluding hydrogens is 180 g/mol. The summed E-state index contributed by atoms with van der Waals surface area (Å²) in [5.74, 6) is 0.469. The van der Waals surface area contributed by atoms with Crippen molar-refractivity contribution in [2.45, 2.75) is 44.3 Å². The Morgan fingerprint density at radius 3 is 2.43 bits per heavy atom. The third-order valence-corrected chi connectivity index (χ3v) is 3.37. The standard InChI is InChI=1S/C11H18O3/c12-7-1-2-10-3-5-11(6-4-10)13-8-9-14-11/h7,10H,1-6,8-9H2. The molecule has 3 nitrogen and oxygen atoms in total. The van der Waals surface area contributed by atoms with Crippen molar-refractivity contribution >= 4 is 6.29 Å². The molecule has 0 unspecified atom stereocenters. The lowest BCUT2D eigenvalue weighted by Gasteiger charge is -2.35. The molecule has 0 aromatic carbocycles. The van der Waals surface area contributed by atoms with Crippen LogP contribution >= 0.6 is 0 Å². The van der Waals surface area contributed by atoms with Gasteiger partial charge in [0, 0.05) is 19.3 Å². The van der Waals surface area contributed by atoms with Crippen LogP contribution in [0, 0.1) is 5.92 Å². The summed E-state index contributed by atoms with van der Waals surface area (Å²) in [5, 5.41) is 0. The molecule has 2 fully saturated rings. The fraction of sp³-hybridized carbons (Fsp3) is 0.909. The summed E-state index contributed by atoms with van der Waals surface area (Å²) < 4.78 is 11.3. The predicted octanol–water partition coefficient (Wildman–Crippen LogP) is 1.90. The Balaban J connectivity index is 1.76. The zero-order chi connectivity index (χ0) is 9.86. The maximum Gasteiger partial charge on any atom is 0.168 e. The minimum Gasteiger partial charge on any atom is -0.348 e. The summed E-state index contributed by atoms with van der Waals surface area (Å²) in [4.78, 5) is 10.2. The summed E-state index contributed by atoms with van der Waals surface area (Å²) in [7, 11) is 0. The molecule has 0 bridgehead atoms. The topological polar surface area (TPSA) is 35.5 Å². The first-order valence-electron chi connectivity index (χ1n) is 5.56. The van der Waals surface area contributed by atoms with Gasteiger partial charge in [0.05, 0.1) is 13.2 Å². The maximum absolute atomic E-state index is 10.2. The summed E-state index contributed by atoms with van der Waals surface area (Å²) >= 11 is 0. The molecule has 0 aromatic heterocycles. The fourth-order valence-electron chi connectivity index (χ4n) is 2.50. The Morgan fingerprint density at radius 2 is 1.86 bits per heavy atom. The zero-order valence-electron chi connectivity index (χ0n) is 8.54. The van der Waals surface area contributed by atoms with Gasteiger partial charge in [-0.2, -0.15) is 0 Å². The van der Waals surface area contributed by atoms with Gasteiger partial charge in [-0.05, 0) is 25.2 Å². The second-order valence-corrected chi connectivity index (χ2v) is 4.29. The van der Waals surface area contributed by atoms with E-state index in [1.165, 1.54) is 0 Å². The average Bonchev–Trinajstić information content (AvgIpc) is 2.66. The Labute approximate surface area is 84.8 Å². The van der Waals surface area contributed by atoms with Crippen molar-refractivity contribution in [1.29, 1.82) is 0 Å². The van der Waals surface area contributed by atoms with E-state index in [1.54, 1.807) is 0 Å². The van der Waals surface area contributed by atoms with Crippen molar-refractivity contribution in [3.05, 3.63) is 0 Å². The SMILES string of the molecule is O=CCCC1CCC2(CC1)OCCO2. The van der Waals surface area contributed by atoms with Gasteiger partial charge in [0.15, 0.2) is 5.79 Å². The first kappa shape index (κ1) is 10.1. The lowest BCUT2D eigenvalue weighted by atomic mass is 9.83. The van der Waals surface area contributed by atoms with E-state index >= 15 is 0 Å². The number of ether oxygens (including phenoxy) is 2. The predicted molar refractivity (Wildman–Crippen MR) is 51.9 cm³/mol. The van der Waals surface area contributed by atoms with Crippen molar-refractivity contribution in [3.63, 3.8) is 0 Å². The second kappa shape index (κ2) is 4.41. The molecule has 1 saturated carbocycles. The van der Waals surface area contributed by atoms with E-state index in [0.29, 0.717) is 12.3 Å². The molecule has 0 amide bonds. The van der Waals surface area contributed by atoms with Crippen molar-refractivity contribution in [3.8, 4) is 0 Å². The minimum atomic E-state index is -0.238. The van der Waals surface area contributed by atoms with Gasteiger partial charge in [-0.15, -0.1) is 0 Å². The second-order valence-electron chi connectivity index (χ2n) is 4.29. The number of aldehydes is 1. The maximum atomic E-state index is 10.2. The van der Waals surface area contributed by atoms with Crippen LogP contribution < -0.4 is 0 Å². The number of carbonyl (C=O) groups excluding carboxylic acids is 1. The van der Waals surface area contributed by atoms with Crippen LogP contribution in [0.1, 0.15) is 38.5 Å². The van der Waals surface area contributed by atoms with Crippen LogP contribution in [0.3, 0.4) is 0 Å². The largest absolute Gasteiger partial charge is 0.348 e. The highest BCUT2D eigenvalue weighted by molar-refractivity contribution is 5.49. The Morgan fingerprint density at radius 1 is 1.21 bits per heavy atom. The molecule has 0 radical (unpaired) electrons. The molecule has 1 heterocycles. The lowest BCUT2D eigenvalue weighted by Crippen LogP contribution is -2.35. The quantitative estimate of drug-likeness (QED) is 0.650. The van der Waals surface area contributed by atoms with Crippen LogP contribution in [0.15, 0.2) is 0 Å². The Hall–Kier alpha value is -0.410. The van der Waals surface area contributed by atoms with Gasteiger partial charge in [-0.25, -0.2) is 0 Å². The molecule has 80 valence electrons. The molecule has 2 aliphatic rings. The average molecular weight is 198 g/mol. The minimum absolute atomic E-state index is 0.238. The summed E-state index contributed by atoms with van der Waals surface area (Å²) in [5.41, 5.74) is 0. The smallest absolute Gasteiger partial charge is 0.168 e. The van der Waals surface area contributed by atoms with Crippen molar-refractivity contribution in [1.82, 2.24) is 0 Å². The molecular formula is C11H18O3. The summed E-state index contributed by atoms with van der Waals surface area (Å²) in [6, 6.07) is 0. The highest BCUT2D eigenvalue weighted by Crippen LogP contribution is 2.39. The van der Waals surface area contributed by atoms with Gasteiger partial charge in [0.25, 0.3) is 0 Å². The van der Waals surface area contributed by atoms with Crippen LogP contribution in [0.2, 0.25) is 0 Å². The monoisotopic (exact) mass is 198 g/mol. The van der Waals surface area contributed by atoms with Crippen LogP contribution in [0.25, 0.3) is 0 Å². The zero-order valence-corrected chi connectivity index (χ0v) is 8.54. The first-order chi connectivity index (χ1) is 6.85. The summed E-state index contributed by atoms with van der Waals surface area (Å²) in [6.45, 7) is 1.50. The molecule has 0 aromatic rings. The first-order valence-corrected chi connectivity index (χ1v) is 5.56. The van der Waals surface area contributed by atoms with Crippen molar-refractivity contribution in [2.75, 3.05) is 13.2 Å². The molecule has 3 heteroatoms. The summed E-state index contributed by atoms with van der Waals surface area (Å²) in [6.07, 6.45) is 7.08. The van der Waals surface area contributed by atoms with E-state index in [4.69, 9.17) is 9.47 Å². The molecule has 1 aliphatic heterocycles. The van der Waals surface area contributed by atoms with Gasteiger partial charge in [0.1, 0.15) is 6.29 Å². The van der Waals surface area contributed by atoms with Gasteiger partial charge in [-0.3, -0.25) is 0 Å². The Kier molecular flexibility index (Phi) is 3.19.